The predicted molar refractivity (Wildman–Crippen MR) is 83.0 cm³/mol. The van der Waals surface area contributed by atoms with Crippen LogP contribution < -0.4 is 5.32 Å². The maximum Gasteiger partial charge on any atom is 0.0659 e. The Kier molecular flexibility index (Phi) is 4.68. The molecule has 0 aliphatic heterocycles. The fourth-order valence-corrected chi connectivity index (χ4v) is 2.72. The number of nitrogens with zero attached hydrogens (tertiary/aromatic N) is 2. The Morgan fingerprint density at radius 2 is 2.05 bits per heavy atom. The van der Waals surface area contributed by atoms with Crippen molar-refractivity contribution in [2.75, 3.05) is 6.61 Å². The molecule has 1 fully saturated rings. The molecule has 112 valence electrons. The summed E-state index contributed by atoms with van der Waals surface area (Å²) in [4.78, 5) is 0. The van der Waals surface area contributed by atoms with Crippen molar-refractivity contribution in [1.29, 1.82) is 0 Å². The van der Waals surface area contributed by atoms with Gasteiger partial charge >= 0.3 is 0 Å². The molecule has 0 atom stereocenters. The van der Waals surface area contributed by atoms with E-state index in [1.165, 1.54) is 11.1 Å². The minimum absolute atomic E-state index is 0.466. The number of aromatic nitrogens is 2. The first-order valence-electron chi connectivity index (χ1n) is 7.73. The number of hydrogen-bond donors (Lipinski definition) is 1. The Labute approximate surface area is 126 Å². The number of rotatable bonds is 7. The lowest BCUT2D eigenvalue weighted by atomic mass is 9.89. The summed E-state index contributed by atoms with van der Waals surface area (Å²) < 4.78 is 7.57. The predicted octanol–water partition coefficient (Wildman–Crippen LogP) is 2.59. The van der Waals surface area contributed by atoms with E-state index in [4.69, 9.17) is 4.74 Å². The zero-order chi connectivity index (χ0) is 14.5. The van der Waals surface area contributed by atoms with Gasteiger partial charge in [-0.1, -0.05) is 30.3 Å². The summed E-state index contributed by atoms with van der Waals surface area (Å²) >= 11 is 0. The molecule has 0 saturated heterocycles. The summed E-state index contributed by atoms with van der Waals surface area (Å²) in [5, 5.41) is 8.00. The summed E-state index contributed by atoms with van der Waals surface area (Å²) in [6, 6.07) is 11.0. The monoisotopic (exact) mass is 285 g/mol. The number of hydrogen-bond acceptors (Lipinski definition) is 3. The van der Waals surface area contributed by atoms with E-state index in [-0.39, 0.29) is 0 Å². The zero-order valence-corrected chi connectivity index (χ0v) is 12.5. The molecule has 1 aliphatic rings. The lowest BCUT2D eigenvalue weighted by molar-refractivity contribution is -0.0102. The number of benzene rings is 1. The summed E-state index contributed by atoms with van der Waals surface area (Å²) in [5.74, 6) is 0. The van der Waals surface area contributed by atoms with Crippen molar-refractivity contribution in [2.24, 2.45) is 0 Å². The van der Waals surface area contributed by atoms with Crippen LogP contribution in [0.3, 0.4) is 0 Å². The zero-order valence-electron chi connectivity index (χ0n) is 12.5. The fraction of sp³-hybridized carbons (Fsp3) is 0.471. The van der Waals surface area contributed by atoms with Gasteiger partial charge in [0, 0.05) is 31.0 Å². The van der Waals surface area contributed by atoms with Gasteiger partial charge in [0.2, 0.25) is 0 Å². The van der Waals surface area contributed by atoms with Gasteiger partial charge in [-0.15, -0.1) is 0 Å². The van der Waals surface area contributed by atoms with Gasteiger partial charge in [0.25, 0.3) is 0 Å². The van der Waals surface area contributed by atoms with Crippen LogP contribution in [0.2, 0.25) is 0 Å². The highest BCUT2D eigenvalue weighted by atomic mass is 16.5. The second-order valence-electron chi connectivity index (χ2n) is 5.66. The van der Waals surface area contributed by atoms with Crippen molar-refractivity contribution in [1.82, 2.24) is 15.1 Å². The van der Waals surface area contributed by atoms with E-state index in [2.05, 4.69) is 47.8 Å². The summed E-state index contributed by atoms with van der Waals surface area (Å²) in [7, 11) is 0. The highest BCUT2D eigenvalue weighted by molar-refractivity contribution is 5.15. The molecule has 2 aromatic rings. The van der Waals surface area contributed by atoms with Crippen molar-refractivity contribution in [3.05, 3.63) is 53.9 Å². The Hall–Kier alpha value is -1.65. The van der Waals surface area contributed by atoms with Crippen molar-refractivity contribution >= 4 is 0 Å². The molecule has 0 unspecified atom stereocenters. The summed E-state index contributed by atoms with van der Waals surface area (Å²) in [5.41, 5.74) is 2.52. The van der Waals surface area contributed by atoms with Gasteiger partial charge in [0.15, 0.2) is 0 Å². The van der Waals surface area contributed by atoms with E-state index in [0.29, 0.717) is 12.1 Å². The molecule has 0 radical (unpaired) electrons. The highest BCUT2D eigenvalue weighted by Gasteiger charge is 2.28. The molecule has 1 heterocycles. The van der Waals surface area contributed by atoms with E-state index >= 15 is 0 Å². The van der Waals surface area contributed by atoms with E-state index in [9.17, 15) is 0 Å². The van der Waals surface area contributed by atoms with Gasteiger partial charge in [0.05, 0.1) is 18.8 Å². The molecule has 1 aromatic carbocycles. The van der Waals surface area contributed by atoms with Crippen LogP contribution in [-0.2, 0) is 17.8 Å². The molecule has 4 nitrogen and oxygen atoms in total. The van der Waals surface area contributed by atoms with Gasteiger partial charge < -0.3 is 10.1 Å². The Bertz CT molecular complexity index is 546. The van der Waals surface area contributed by atoms with E-state index < -0.39 is 0 Å². The molecule has 1 aliphatic carbocycles. The average molecular weight is 285 g/mol. The molecule has 1 N–H and O–H groups in total. The summed E-state index contributed by atoms with van der Waals surface area (Å²) in [6.45, 7) is 4.60. The first kappa shape index (κ1) is 14.3. The second-order valence-corrected chi connectivity index (χ2v) is 5.66. The van der Waals surface area contributed by atoms with Gasteiger partial charge in [0.1, 0.15) is 0 Å². The van der Waals surface area contributed by atoms with Crippen LogP contribution in [0, 0.1) is 0 Å². The lowest BCUT2D eigenvalue weighted by Crippen LogP contribution is -2.45. The second kappa shape index (κ2) is 6.87. The van der Waals surface area contributed by atoms with Crippen LogP contribution in [0.1, 0.15) is 30.9 Å². The first-order valence-corrected chi connectivity index (χ1v) is 7.73. The first-order chi connectivity index (χ1) is 10.3. The van der Waals surface area contributed by atoms with Crippen LogP contribution >= 0.6 is 0 Å². The van der Waals surface area contributed by atoms with Gasteiger partial charge in [-0.05, 0) is 25.3 Å². The molecule has 1 saturated carbocycles. The Morgan fingerprint density at radius 3 is 2.81 bits per heavy atom. The molecule has 1 aromatic heterocycles. The van der Waals surface area contributed by atoms with Gasteiger partial charge in [-0.25, -0.2) is 0 Å². The standard InChI is InChI=1S/C17H23N3O/c1-2-21-17-8-16(9-17)18-10-15-11-19-20(13-15)12-14-6-4-3-5-7-14/h3-7,11,13,16-18H,2,8-10,12H2,1H3. The van der Waals surface area contributed by atoms with E-state index in [1.807, 2.05) is 16.9 Å². The van der Waals surface area contributed by atoms with Crippen LogP contribution in [0.15, 0.2) is 42.7 Å². The fourth-order valence-electron chi connectivity index (χ4n) is 2.72. The molecule has 0 amide bonds. The lowest BCUT2D eigenvalue weighted by Gasteiger charge is -2.35. The third-order valence-corrected chi connectivity index (χ3v) is 3.97. The molecule has 4 heteroatoms. The average Bonchev–Trinajstić information content (AvgIpc) is 2.90. The van der Waals surface area contributed by atoms with Gasteiger partial charge in [-0.2, -0.15) is 5.10 Å². The molecule has 21 heavy (non-hydrogen) atoms. The van der Waals surface area contributed by atoms with Crippen LogP contribution in [0.4, 0.5) is 0 Å². The maximum absolute atomic E-state index is 5.57. The normalized spacial score (nSPS) is 21.2. The Balaban J connectivity index is 1.43. The quantitative estimate of drug-likeness (QED) is 0.850. The van der Waals surface area contributed by atoms with Crippen LogP contribution in [-0.4, -0.2) is 28.5 Å². The van der Waals surface area contributed by atoms with Crippen LogP contribution in [0.25, 0.3) is 0 Å². The summed E-state index contributed by atoms with van der Waals surface area (Å²) in [6.07, 6.45) is 6.80. The molecule has 0 bridgehead atoms. The topological polar surface area (TPSA) is 39.1 Å². The molecule has 0 spiro atoms. The SMILES string of the molecule is CCOC1CC(NCc2cnn(Cc3ccccc3)c2)C1. The van der Waals surface area contributed by atoms with Crippen molar-refractivity contribution in [3.63, 3.8) is 0 Å². The number of ether oxygens (including phenoxy) is 1. The minimum atomic E-state index is 0.466. The third kappa shape index (κ3) is 3.93. The largest absolute Gasteiger partial charge is 0.378 e. The minimum Gasteiger partial charge on any atom is -0.378 e. The Morgan fingerprint density at radius 1 is 1.24 bits per heavy atom. The molecular formula is C17H23N3O. The molecule has 3 rings (SSSR count). The maximum atomic E-state index is 5.57. The van der Waals surface area contributed by atoms with E-state index in [0.717, 1.165) is 32.5 Å². The van der Waals surface area contributed by atoms with Gasteiger partial charge in [-0.3, -0.25) is 4.68 Å². The number of nitrogens with one attached hydrogen (secondary N) is 1. The smallest absolute Gasteiger partial charge is 0.0659 e. The van der Waals surface area contributed by atoms with Crippen molar-refractivity contribution in [2.45, 2.75) is 45.0 Å². The van der Waals surface area contributed by atoms with Crippen molar-refractivity contribution < 1.29 is 4.74 Å². The third-order valence-electron chi connectivity index (χ3n) is 3.97. The van der Waals surface area contributed by atoms with Crippen LogP contribution in [0.5, 0.6) is 0 Å². The van der Waals surface area contributed by atoms with E-state index in [1.54, 1.807) is 0 Å². The van der Waals surface area contributed by atoms with Crippen molar-refractivity contribution in [3.8, 4) is 0 Å². The highest BCUT2D eigenvalue weighted by Crippen LogP contribution is 2.23. The molecular weight excluding hydrogens is 262 g/mol.